The van der Waals surface area contributed by atoms with Crippen LogP contribution in [-0.2, 0) is 9.53 Å². The lowest BCUT2D eigenvalue weighted by atomic mass is 10.0. The molecule has 0 bridgehead atoms. The molecule has 1 atom stereocenters. The number of hydrogen-bond acceptors (Lipinski definition) is 6. The van der Waals surface area contributed by atoms with E-state index in [0.29, 0.717) is 34.5 Å². The van der Waals surface area contributed by atoms with Crippen molar-refractivity contribution in [3.63, 3.8) is 0 Å². The maximum atomic E-state index is 13.8. The minimum absolute atomic E-state index is 0.286. The second kappa shape index (κ2) is 9.47. The molecule has 2 aromatic heterocycles. The molecule has 0 spiro atoms. The molecule has 6 nitrogen and oxygen atoms in total. The smallest absolute Gasteiger partial charge is 0.328 e. The van der Waals surface area contributed by atoms with E-state index in [1.807, 2.05) is 6.26 Å². The van der Waals surface area contributed by atoms with Crippen LogP contribution in [0.1, 0.15) is 16.8 Å². The fourth-order valence-electron chi connectivity index (χ4n) is 2.90. The molecule has 0 aliphatic carbocycles. The van der Waals surface area contributed by atoms with Gasteiger partial charge >= 0.3 is 5.97 Å². The maximum Gasteiger partial charge on any atom is 0.328 e. The van der Waals surface area contributed by atoms with Crippen molar-refractivity contribution in [2.75, 3.05) is 19.1 Å². The van der Waals surface area contributed by atoms with Crippen LogP contribution >= 0.6 is 11.8 Å². The number of nitrogens with zero attached hydrogens (tertiary/aromatic N) is 2. The third-order valence-electron chi connectivity index (χ3n) is 4.35. The molecule has 1 unspecified atom stereocenters. The lowest BCUT2D eigenvalue weighted by Crippen LogP contribution is -2.42. The van der Waals surface area contributed by atoms with Crippen LogP contribution < -0.4 is 5.32 Å². The normalized spacial score (nSPS) is 11.8. The summed E-state index contributed by atoms with van der Waals surface area (Å²) in [6, 6.07) is 10.2. The second-order valence-electron chi connectivity index (χ2n) is 6.26. The molecule has 2 heterocycles. The van der Waals surface area contributed by atoms with Gasteiger partial charge < -0.3 is 10.1 Å². The quantitative estimate of drug-likeness (QED) is 0.598. The van der Waals surface area contributed by atoms with E-state index in [1.54, 1.807) is 42.2 Å². The first kappa shape index (κ1) is 20.7. The first-order valence-corrected chi connectivity index (χ1v) is 10.3. The number of thioether (sulfide) groups is 1. The Balaban J connectivity index is 2.04. The van der Waals surface area contributed by atoms with E-state index in [2.05, 4.69) is 15.3 Å². The molecule has 3 aromatic rings. The predicted molar refractivity (Wildman–Crippen MR) is 111 cm³/mol. The number of methoxy groups -OCH3 is 1. The highest BCUT2D eigenvalue weighted by Crippen LogP contribution is 2.24. The summed E-state index contributed by atoms with van der Waals surface area (Å²) >= 11 is 1.57. The van der Waals surface area contributed by atoms with Crippen molar-refractivity contribution < 1.29 is 18.7 Å². The third-order valence-corrected chi connectivity index (χ3v) is 4.99. The van der Waals surface area contributed by atoms with E-state index < -0.39 is 23.7 Å². The molecule has 0 aliphatic heterocycles. The molecule has 1 amide bonds. The van der Waals surface area contributed by atoms with Gasteiger partial charge in [-0.3, -0.25) is 9.78 Å². The Morgan fingerprint density at radius 3 is 2.72 bits per heavy atom. The molecule has 3 rings (SSSR count). The Morgan fingerprint density at radius 2 is 2.03 bits per heavy atom. The van der Waals surface area contributed by atoms with Crippen LogP contribution in [0, 0.1) is 5.82 Å². The standard InChI is InChI=1S/C21H20FN3O3S/c1-28-21(27)17(8-10-29-2)25-20(26)15-12-19(16-5-3-4-9-23-16)24-18-11-13(22)6-7-14(15)18/h3-7,9,11-12,17H,8,10H2,1-2H3,(H,25,26). The van der Waals surface area contributed by atoms with Gasteiger partial charge in [-0.05, 0) is 48.8 Å². The van der Waals surface area contributed by atoms with Gasteiger partial charge in [0, 0.05) is 17.6 Å². The number of ether oxygens (including phenoxy) is 1. The number of halogens is 1. The van der Waals surface area contributed by atoms with E-state index in [1.165, 1.54) is 25.3 Å². The number of carbonyl (C=O) groups excluding carboxylic acids is 2. The fraction of sp³-hybridized carbons (Fsp3) is 0.238. The maximum absolute atomic E-state index is 13.8. The SMILES string of the molecule is COC(=O)C(CCSC)NC(=O)c1cc(-c2ccccn2)nc2cc(F)ccc12. The zero-order valence-corrected chi connectivity index (χ0v) is 16.8. The Bertz CT molecular complexity index is 1030. The van der Waals surface area contributed by atoms with Crippen LogP contribution in [0.4, 0.5) is 4.39 Å². The number of nitrogens with one attached hydrogen (secondary N) is 1. The number of esters is 1. The summed E-state index contributed by atoms with van der Waals surface area (Å²) in [5.74, 6) is -0.747. The van der Waals surface area contributed by atoms with Crippen LogP contribution in [0.5, 0.6) is 0 Å². The molecule has 0 saturated heterocycles. The molecule has 0 aliphatic rings. The highest BCUT2D eigenvalue weighted by molar-refractivity contribution is 7.98. The van der Waals surface area contributed by atoms with Gasteiger partial charge in [0.2, 0.25) is 0 Å². The van der Waals surface area contributed by atoms with Crippen molar-refractivity contribution in [3.05, 3.63) is 60.0 Å². The van der Waals surface area contributed by atoms with Gasteiger partial charge in [-0.2, -0.15) is 11.8 Å². The number of aromatic nitrogens is 2. The lowest BCUT2D eigenvalue weighted by molar-refractivity contribution is -0.142. The number of benzene rings is 1. The van der Waals surface area contributed by atoms with E-state index in [9.17, 15) is 14.0 Å². The zero-order chi connectivity index (χ0) is 20.8. The van der Waals surface area contributed by atoms with Gasteiger partial charge in [-0.1, -0.05) is 6.07 Å². The van der Waals surface area contributed by atoms with Gasteiger partial charge in [0.05, 0.1) is 29.6 Å². The van der Waals surface area contributed by atoms with Crippen molar-refractivity contribution >= 4 is 34.5 Å². The monoisotopic (exact) mass is 413 g/mol. The number of fused-ring (bicyclic) bond motifs is 1. The Labute approximate surface area is 171 Å². The van der Waals surface area contributed by atoms with Crippen molar-refractivity contribution in [2.45, 2.75) is 12.5 Å². The topological polar surface area (TPSA) is 81.2 Å². The number of rotatable bonds is 7. The number of amides is 1. The first-order valence-electron chi connectivity index (χ1n) is 8.93. The largest absolute Gasteiger partial charge is 0.467 e. The summed E-state index contributed by atoms with van der Waals surface area (Å²) in [6.07, 6.45) is 3.97. The molecule has 1 aromatic carbocycles. The molecule has 0 fully saturated rings. The van der Waals surface area contributed by atoms with Crippen molar-refractivity contribution in [2.24, 2.45) is 0 Å². The summed E-state index contributed by atoms with van der Waals surface area (Å²) < 4.78 is 18.6. The molecule has 1 N–H and O–H groups in total. The van der Waals surface area contributed by atoms with Gasteiger partial charge in [0.15, 0.2) is 0 Å². The molecule has 0 saturated carbocycles. The Hall–Kier alpha value is -3.00. The zero-order valence-electron chi connectivity index (χ0n) is 16.0. The van der Waals surface area contributed by atoms with E-state index >= 15 is 0 Å². The molecular formula is C21H20FN3O3S. The lowest BCUT2D eigenvalue weighted by Gasteiger charge is -2.17. The number of pyridine rings is 2. The van der Waals surface area contributed by atoms with Crippen molar-refractivity contribution in [3.8, 4) is 11.4 Å². The Kier molecular flexibility index (Phi) is 6.77. The first-order chi connectivity index (χ1) is 14.0. The van der Waals surface area contributed by atoms with Crippen LogP contribution in [0.2, 0.25) is 0 Å². The highest BCUT2D eigenvalue weighted by Gasteiger charge is 2.23. The summed E-state index contributed by atoms with van der Waals surface area (Å²) in [5, 5.41) is 3.22. The van der Waals surface area contributed by atoms with Crippen LogP contribution in [-0.4, -0.2) is 47.0 Å². The van der Waals surface area contributed by atoms with Crippen molar-refractivity contribution in [1.82, 2.24) is 15.3 Å². The molecule has 29 heavy (non-hydrogen) atoms. The summed E-state index contributed by atoms with van der Waals surface area (Å²) in [6.45, 7) is 0. The molecule has 8 heteroatoms. The summed E-state index contributed by atoms with van der Waals surface area (Å²) in [4.78, 5) is 33.8. The van der Waals surface area contributed by atoms with E-state index in [-0.39, 0.29) is 5.56 Å². The van der Waals surface area contributed by atoms with Gasteiger partial charge in [0.25, 0.3) is 5.91 Å². The van der Waals surface area contributed by atoms with Crippen LogP contribution in [0.15, 0.2) is 48.7 Å². The fourth-order valence-corrected chi connectivity index (χ4v) is 3.37. The van der Waals surface area contributed by atoms with E-state index in [0.717, 1.165) is 0 Å². The molecule has 0 radical (unpaired) electrons. The summed E-state index contributed by atoms with van der Waals surface area (Å²) in [5.41, 5.74) is 1.61. The summed E-state index contributed by atoms with van der Waals surface area (Å²) in [7, 11) is 1.28. The van der Waals surface area contributed by atoms with Gasteiger partial charge in [0.1, 0.15) is 11.9 Å². The van der Waals surface area contributed by atoms with E-state index in [4.69, 9.17) is 4.74 Å². The second-order valence-corrected chi connectivity index (χ2v) is 7.25. The number of carbonyl (C=O) groups is 2. The van der Waals surface area contributed by atoms with Crippen molar-refractivity contribution in [1.29, 1.82) is 0 Å². The number of hydrogen-bond donors (Lipinski definition) is 1. The average molecular weight is 413 g/mol. The van der Waals surface area contributed by atoms with Crippen LogP contribution in [0.25, 0.3) is 22.3 Å². The minimum atomic E-state index is -0.776. The highest BCUT2D eigenvalue weighted by atomic mass is 32.2. The van der Waals surface area contributed by atoms with Gasteiger partial charge in [-0.15, -0.1) is 0 Å². The molecule has 150 valence electrons. The minimum Gasteiger partial charge on any atom is -0.467 e. The third kappa shape index (κ3) is 4.89. The molecular weight excluding hydrogens is 393 g/mol. The van der Waals surface area contributed by atoms with Crippen LogP contribution in [0.3, 0.4) is 0 Å². The average Bonchev–Trinajstić information content (AvgIpc) is 2.75. The van der Waals surface area contributed by atoms with Gasteiger partial charge in [-0.25, -0.2) is 14.2 Å². The Morgan fingerprint density at radius 1 is 1.21 bits per heavy atom. The predicted octanol–water partition coefficient (Wildman–Crippen LogP) is 3.46.